The Hall–Kier alpha value is -2.63. The van der Waals surface area contributed by atoms with Gasteiger partial charge < -0.3 is 14.2 Å². The molecular formula is C57H102O6. The molecule has 6 nitrogen and oxygen atoms in total. The molecule has 0 fully saturated rings. The number of hydrogen-bond acceptors (Lipinski definition) is 6. The summed E-state index contributed by atoms with van der Waals surface area (Å²) in [7, 11) is 0. The van der Waals surface area contributed by atoms with Crippen LogP contribution in [-0.4, -0.2) is 37.2 Å². The zero-order chi connectivity index (χ0) is 45.8. The van der Waals surface area contributed by atoms with Crippen molar-refractivity contribution in [1.82, 2.24) is 0 Å². The van der Waals surface area contributed by atoms with Gasteiger partial charge in [0.05, 0.1) is 0 Å². The molecule has 0 saturated heterocycles. The summed E-state index contributed by atoms with van der Waals surface area (Å²) in [6.07, 6.45) is 62.4. The molecule has 0 aromatic carbocycles. The molecule has 0 aliphatic heterocycles. The van der Waals surface area contributed by atoms with Crippen molar-refractivity contribution in [2.45, 2.75) is 284 Å². The Balaban J connectivity index is 4.42. The highest BCUT2D eigenvalue weighted by atomic mass is 16.6. The molecule has 6 heteroatoms. The van der Waals surface area contributed by atoms with E-state index < -0.39 is 6.10 Å². The molecular weight excluding hydrogens is 781 g/mol. The SMILES string of the molecule is CCCCC/C=C\C/C=C\C/C=C\CCCCC(=O)O[C@H](COC(=O)CCCCCCC/C=C\CCCCCCC)COC(=O)CCCCCCCCCCCCCCCCCC. The molecule has 0 spiro atoms. The van der Waals surface area contributed by atoms with E-state index in [2.05, 4.69) is 69.4 Å². The molecule has 63 heavy (non-hydrogen) atoms. The first-order chi connectivity index (χ1) is 31.0. The predicted octanol–water partition coefficient (Wildman–Crippen LogP) is 17.9. The lowest BCUT2D eigenvalue weighted by Gasteiger charge is -2.18. The Kier molecular flexibility index (Phi) is 49.8. The van der Waals surface area contributed by atoms with Gasteiger partial charge in [0.25, 0.3) is 0 Å². The summed E-state index contributed by atoms with van der Waals surface area (Å²) in [6, 6.07) is 0. The minimum atomic E-state index is -0.793. The number of carbonyl (C=O) groups is 3. The van der Waals surface area contributed by atoms with Crippen LogP contribution in [0.1, 0.15) is 278 Å². The minimum Gasteiger partial charge on any atom is -0.462 e. The quantitative estimate of drug-likeness (QED) is 0.0262. The van der Waals surface area contributed by atoms with Gasteiger partial charge in [-0.05, 0) is 83.5 Å². The zero-order valence-corrected chi connectivity index (χ0v) is 41.8. The van der Waals surface area contributed by atoms with Crippen LogP contribution < -0.4 is 0 Å². The highest BCUT2D eigenvalue weighted by Gasteiger charge is 2.19. The van der Waals surface area contributed by atoms with Crippen molar-refractivity contribution in [2.24, 2.45) is 0 Å². The summed E-state index contributed by atoms with van der Waals surface area (Å²) >= 11 is 0. The van der Waals surface area contributed by atoms with Gasteiger partial charge in [-0.2, -0.15) is 0 Å². The molecule has 0 aliphatic carbocycles. The topological polar surface area (TPSA) is 78.9 Å². The minimum absolute atomic E-state index is 0.0884. The van der Waals surface area contributed by atoms with Gasteiger partial charge in [-0.3, -0.25) is 14.4 Å². The van der Waals surface area contributed by atoms with Gasteiger partial charge >= 0.3 is 17.9 Å². The number of rotatable bonds is 49. The van der Waals surface area contributed by atoms with E-state index in [1.165, 1.54) is 161 Å². The number of allylic oxidation sites excluding steroid dienone is 8. The molecule has 0 N–H and O–H groups in total. The lowest BCUT2D eigenvalue weighted by atomic mass is 10.0. The van der Waals surface area contributed by atoms with E-state index in [1.54, 1.807) is 0 Å². The molecule has 0 aliphatic rings. The second kappa shape index (κ2) is 52.0. The number of esters is 3. The van der Waals surface area contributed by atoms with Gasteiger partial charge in [-0.15, -0.1) is 0 Å². The van der Waals surface area contributed by atoms with Crippen LogP contribution in [0.2, 0.25) is 0 Å². The number of unbranched alkanes of at least 4 members (excludes halogenated alkanes) is 30. The molecule has 0 unspecified atom stereocenters. The van der Waals surface area contributed by atoms with Gasteiger partial charge in [0.2, 0.25) is 0 Å². The lowest BCUT2D eigenvalue weighted by molar-refractivity contribution is -0.167. The van der Waals surface area contributed by atoms with Crippen molar-refractivity contribution < 1.29 is 28.6 Å². The van der Waals surface area contributed by atoms with E-state index >= 15 is 0 Å². The third-order valence-corrected chi connectivity index (χ3v) is 11.8. The zero-order valence-electron chi connectivity index (χ0n) is 41.8. The van der Waals surface area contributed by atoms with Crippen LogP contribution in [0.5, 0.6) is 0 Å². The van der Waals surface area contributed by atoms with Crippen LogP contribution in [0, 0.1) is 0 Å². The van der Waals surface area contributed by atoms with E-state index in [-0.39, 0.29) is 37.5 Å². The largest absolute Gasteiger partial charge is 0.462 e. The second-order valence-corrected chi connectivity index (χ2v) is 18.1. The first kappa shape index (κ1) is 60.4. The normalized spacial score (nSPS) is 12.4. The van der Waals surface area contributed by atoms with E-state index in [0.717, 1.165) is 70.6 Å². The van der Waals surface area contributed by atoms with Crippen LogP contribution in [0.4, 0.5) is 0 Å². The fourth-order valence-corrected chi connectivity index (χ4v) is 7.68. The third kappa shape index (κ3) is 50.2. The van der Waals surface area contributed by atoms with E-state index in [1.807, 2.05) is 0 Å². The monoisotopic (exact) mass is 883 g/mol. The van der Waals surface area contributed by atoms with E-state index in [4.69, 9.17) is 14.2 Å². The Morgan fingerprint density at radius 2 is 0.571 bits per heavy atom. The summed E-state index contributed by atoms with van der Waals surface area (Å²) in [6.45, 7) is 6.58. The fourth-order valence-electron chi connectivity index (χ4n) is 7.68. The lowest BCUT2D eigenvalue weighted by Crippen LogP contribution is -2.30. The molecule has 0 aromatic rings. The third-order valence-electron chi connectivity index (χ3n) is 11.8. The molecule has 366 valence electrons. The molecule has 1 atom stereocenters. The first-order valence-corrected chi connectivity index (χ1v) is 27.1. The fraction of sp³-hybridized carbons (Fsp3) is 0.807. The molecule has 0 heterocycles. The average molecular weight is 883 g/mol. The Morgan fingerprint density at radius 1 is 0.317 bits per heavy atom. The highest BCUT2D eigenvalue weighted by Crippen LogP contribution is 2.15. The van der Waals surface area contributed by atoms with Gasteiger partial charge in [-0.1, -0.05) is 223 Å². The predicted molar refractivity (Wildman–Crippen MR) is 270 cm³/mol. The van der Waals surface area contributed by atoms with E-state index in [9.17, 15) is 14.4 Å². The maximum absolute atomic E-state index is 12.8. The standard InChI is InChI=1S/C57H102O6/c1-4-7-10-13-16-19-22-25-28-30-32-35-38-41-44-47-50-56(59)62-53-54(52-61-55(58)49-46-43-40-37-34-31-27-24-21-18-15-12-9-6-3)63-57(60)51-48-45-42-39-36-33-29-26-23-20-17-14-11-8-5-2/h17,20,24,26-27,29,36,39,54H,4-16,18-19,21-23,25,28,30-35,37-38,40-53H2,1-3H3/b20-17-,27-24-,29-26-,39-36-/t54-/m1/s1. The number of ether oxygens (including phenoxy) is 3. The number of carbonyl (C=O) groups excluding carboxylic acids is 3. The first-order valence-electron chi connectivity index (χ1n) is 27.1. The van der Waals surface area contributed by atoms with Crippen molar-refractivity contribution in [3.05, 3.63) is 48.6 Å². The molecule has 0 rings (SSSR count). The maximum atomic E-state index is 12.8. The maximum Gasteiger partial charge on any atom is 0.306 e. The smallest absolute Gasteiger partial charge is 0.306 e. The van der Waals surface area contributed by atoms with Crippen LogP contribution in [-0.2, 0) is 28.6 Å². The highest BCUT2D eigenvalue weighted by molar-refractivity contribution is 5.71. The van der Waals surface area contributed by atoms with Gasteiger partial charge in [0.15, 0.2) is 6.10 Å². The van der Waals surface area contributed by atoms with Crippen LogP contribution in [0.3, 0.4) is 0 Å². The summed E-state index contributed by atoms with van der Waals surface area (Å²) in [5, 5.41) is 0. The molecule has 0 amide bonds. The van der Waals surface area contributed by atoms with Crippen molar-refractivity contribution in [1.29, 1.82) is 0 Å². The van der Waals surface area contributed by atoms with Crippen molar-refractivity contribution in [3.8, 4) is 0 Å². The molecule has 0 saturated carbocycles. The Morgan fingerprint density at radius 3 is 0.968 bits per heavy atom. The Bertz CT molecular complexity index is 1110. The Labute approximate surface area is 390 Å². The van der Waals surface area contributed by atoms with Crippen LogP contribution in [0.25, 0.3) is 0 Å². The molecule has 0 aromatic heterocycles. The van der Waals surface area contributed by atoms with Crippen LogP contribution >= 0.6 is 0 Å². The van der Waals surface area contributed by atoms with Gasteiger partial charge in [-0.25, -0.2) is 0 Å². The van der Waals surface area contributed by atoms with Crippen LogP contribution in [0.15, 0.2) is 48.6 Å². The van der Waals surface area contributed by atoms with Crippen molar-refractivity contribution >= 4 is 17.9 Å². The molecule has 0 bridgehead atoms. The van der Waals surface area contributed by atoms with Gasteiger partial charge in [0.1, 0.15) is 13.2 Å². The summed E-state index contributed by atoms with van der Waals surface area (Å²) in [5.41, 5.74) is 0. The van der Waals surface area contributed by atoms with E-state index in [0.29, 0.717) is 19.3 Å². The summed E-state index contributed by atoms with van der Waals surface area (Å²) < 4.78 is 16.8. The second-order valence-electron chi connectivity index (χ2n) is 18.1. The van der Waals surface area contributed by atoms with Gasteiger partial charge in [0, 0.05) is 19.3 Å². The van der Waals surface area contributed by atoms with Crippen molar-refractivity contribution in [2.75, 3.05) is 13.2 Å². The summed E-state index contributed by atoms with van der Waals surface area (Å²) in [4.78, 5) is 38.0. The summed E-state index contributed by atoms with van der Waals surface area (Å²) in [5.74, 6) is -0.926. The average Bonchev–Trinajstić information content (AvgIpc) is 3.28. The molecule has 0 radical (unpaired) electrons. The van der Waals surface area contributed by atoms with Crippen molar-refractivity contribution in [3.63, 3.8) is 0 Å². The number of hydrogen-bond donors (Lipinski definition) is 0.